The van der Waals surface area contributed by atoms with Gasteiger partial charge in [-0.2, -0.15) is 0 Å². The summed E-state index contributed by atoms with van der Waals surface area (Å²) in [6.45, 7) is 3.66. The molecule has 0 unspecified atom stereocenters. The second-order valence-corrected chi connectivity index (χ2v) is 4.05. The SMILES string of the molecule is CC(=O)OCc1ccnc(-c2cc(C)ccn2)c1. The van der Waals surface area contributed by atoms with Crippen molar-refractivity contribution in [3.05, 3.63) is 47.8 Å². The standard InChI is InChI=1S/C14H14N2O2/c1-10-3-5-15-13(7-10)14-8-12(4-6-16-14)9-18-11(2)17/h3-8H,9H2,1-2H3. The Bertz CT molecular complexity index is 567. The molecule has 18 heavy (non-hydrogen) atoms. The Balaban J connectivity index is 2.24. The van der Waals surface area contributed by atoms with E-state index in [1.165, 1.54) is 6.92 Å². The van der Waals surface area contributed by atoms with Crippen molar-refractivity contribution in [1.82, 2.24) is 9.97 Å². The van der Waals surface area contributed by atoms with E-state index in [9.17, 15) is 4.79 Å². The molecule has 0 aromatic carbocycles. The first-order valence-corrected chi connectivity index (χ1v) is 5.66. The molecule has 2 aromatic heterocycles. The van der Waals surface area contributed by atoms with Crippen LogP contribution in [0.3, 0.4) is 0 Å². The molecular weight excluding hydrogens is 228 g/mol. The topological polar surface area (TPSA) is 52.1 Å². The van der Waals surface area contributed by atoms with Crippen molar-refractivity contribution >= 4 is 5.97 Å². The molecular formula is C14H14N2O2. The molecule has 2 aromatic rings. The second-order valence-electron chi connectivity index (χ2n) is 4.05. The van der Waals surface area contributed by atoms with E-state index in [0.29, 0.717) is 0 Å². The van der Waals surface area contributed by atoms with Gasteiger partial charge in [-0.15, -0.1) is 0 Å². The highest BCUT2D eigenvalue weighted by Crippen LogP contribution is 2.16. The molecule has 4 heteroatoms. The van der Waals surface area contributed by atoms with Crippen LogP contribution < -0.4 is 0 Å². The van der Waals surface area contributed by atoms with Crippen molar-refractivity contribution in [2.75, 3.05) is 0 Å². The van der Waals surface area contributed by atoms with Crippen molar-refractivity contribution in [2.45, 2.75) is 20.5 Å². The number of rotatable bonds is 3. The van der Waals surface area contributed by atoms with E-state index in [-0.39, 0.29) is 12.6 Å². The summed E-state index contributed by atoms with van der Waals surface area (Å²) in [4.78, 5) is 19.3. The lowest BCUT2D eigenvalue weighted by atomic mass is 10.1. The molecule has 2 heterocycles. The van der Waals surface area contributed by atoms with Crippen LogP contribution in [0.25, 0.3) is 11.4 Å². The minimum absolute atomic E-state index is 0.261. The van der Waals surface area contributed by atoms with Crippen LogP contribution in [0.1, 0.15) is 18.1 Å². The average molecular weight is 242 g/mol. The summed E-state index contributed by atoms with van der Waals surface area (Å²) in [6, 6.07) is 7.61. The minimum atomic E-state index is -0.290. The summed E-state index contributed by atoms with van der Waals surface area (Å²) in [5.41, 5.74) is 3.63. The van der Waals surface area contributed by atoms with Gasteiger partial charge in [-0.1, -0.05) is 0 Å². The predicted octanol–water partition coefficient (Wildman–Crippen LogP) is 2.52. The molecule has 0 saturated carbocycles. The molecule has 0 bridgehead atoms. The molecule has 0 spiro atoms. The largest absolute Gasteiger partial charge is 0.461 e. The predicted molar refractivity (Wildman–Crippen MR) is 67.7 cm³/mol. The van der Waals surface area contributed by atoms with Gasteiger partial charge in [0.25, 0.3) is 0 Å². The van der Waals surface area contributed by atoms with Gasteiger partial charge < -0.3 is 4.74 Å². The number of pyridine rings is 2. The number of carbonyl (C=O) groups is 1. The zero-order valence-corrected chi connectivity index (χ0v) is 10.4. The van der Waals surface area contributed by atoms with Gasteiger partial charge in [0.2, 0.25) is 0 Å². The number of aryl methyl sites for hydroxylation is 1. The number of carbonyl (C=O) groups excluding carboxylic acids is 1. The van der Waals surface area contributed by atoms with Crippen LogP contribution in [-0.2, 0) is 16.1 Å². The third kappa shape index (κ3) is 3.13. The summed E-state index contributed by atoms with van der Waals surface area (Å²) in [6.07, 6.45) is 3.45. The molecule has 0 saturated heterocycles. The van der Waals surface area contributed by atoms with Crippen LogP contribution in [0.2, 0.25) is 0 Å². The minimum Gasteiger partial charge on any atom is -0.461 e. The maximum Gasteiger partial charge on any atom is 0.302 e. The molecule has 0 aliphatic heterocycles. The number of hydrogen-bond donors (Lipinski definition) is 0. The summed E-state index contributed by atoms with van der Waals surface area (Å²) in [5.74, 6) is -0.290. The van der Waals surface area contributed by atoms with Crippen molar-refractivity contribution < 1.29 is 9.53 Å². The lowest BCUT2D eigenvalue weighted by Gasteiger charge is -2.05. The van der Waals surface area contributed by atoms with Gasteiger partial charge in [0, 0.05) is 19.3 Å². The monoisotopic (exact) mass is 242 g/mol. The quantitative estimate of drug-likeness (QED) is 0.776. The van der Waals surface area contributed by atoms with E-state index in [1.54, 1.807) is 12.4 Å². The Labute approximate surface area is 106 Å². The summed E-state index contributed by atoms with van der Waals surface area (Å²) in [7, 11) is 0. The zero-order valence-electron chi connectivity index (χ0n) is 10.4. The van der Waals surface area contributed by atoms with E-state index < -0.39 is 0 Å². The fraction of sp³-hybridized carbons (Fsp3) is 0.214. The Morgan fingerprint density at radius 2 is 1.83 bits per heavy atom. The Kier molecular flexibility index (Phi) is 3.67. The van der Waals surface area contributed by atoms with Gasteiger partial charge in [-0.05, 0) is 42.3 Å². The number of esters is 1. The highest BCUT2D eigenvalue weighted by atomic mass is 16.5. The third-order valence-corrected chi connectivity index (χ3v) is 2.44. The number of nitrogens with zero attached hydrogens (tertiary/aromatic N) is 2. The molecule has 92 valence electrons. The lowest BCUT2D eigenvalue weighted by Crippen LogP contribution is -1.99. The smallest absolute Gasteiger partial charge is 0.302 e. The third-order valence-electron chi connectivity index (χ3n) is 2.44. The van der Waals surface area contributed by atoms with Gasteiger partial charge in [0.1, 0.15) is 6.61 Å². The maximum atomic E-state index is 10.8. The van der Waals surface area contributed by atoms with Crippen LogP contribution in [-0.4, -0.2) is 15.9 Å². The first-order chi connectivity index (χ1) is 8.65. The summed E-state index contributed by atoms with van der Waals surface area (Å²) in [5, 5.41) is 0. The zero-order chi connectivity index (χ0) is 13.0. The highest BCUT2D eigenvalue weighted by molar-refractivity contribution is 5.66. The number of aromatic nitrogens is 2. The molecule has 0 amide bonds. The lowest BCUT2D eigenvalue weighted by molar-refractivity contribution is -0.142. The van der Waals surface area contributed by atoms with E-state index in [0.717, 1.165) is 22.5 Å². The van der Waals surface area contributed by atoms with Crippen LogP contribution in [0.4, 0.5) is 0 Å². The molecule has 0 aliphatic rings. The Morgan fingerprint density at radius 1 is 1.17 bits per heavy atom. The maximum absolute atomic E-state index is 10.8. The molecule has 0 fully saturated rings. The molecule has 0 aliphatic carbocycles. The van der Waals surface area contributed by atoms with Crippen molar-refractivity contribution in [3.8, 4) is 11.4 Å². The van der Waals surface area contributed by atoms with Gasteiger partial charge in [-0.3, -0.25) is 14.8 Å². The van der Waals surface area contributed by atoms with Crippen LogP contribution >= 0.6 is 0 Å². The molecule has 2 rings (SSSR count). The molecule has 0 atom stereocenters. The van der Waals surface area contributed by atoms with Crippen molar-refractivity contribution in [2.24, 2.45) is 0 Å². The first-order valence-electron chi connectivity index (χ1n) is 5.66. The number of hydrogen-bond acceptors (Lipinski definition) is 4. The molecule has 0 N–H and O–H groups in total. The average Bonchev–Trinajstić information content (AvgIpc) is 2.37. The van der Waals surface area contributed by atoms with Gasteiger partial charge >= 0.3 is 5.97 Å². The van der Waals surface area contributed by atoms with E-state index >= 15 is 0 Å². The van der Waals surface area contributed by atoms with Gasteiger partial charge in [0.05, 0.1) is 11.4 Å². The molecule has 0 radical (unpaired) electrons. The van der Waals surface area contributed by atoms with Crippen molar-refractivity contribution in [1.29, 1.82) is 0 Å². The second kappa shape index (κ2) is 5.40. The number of ether oxygens (including phenoxy) is 1. The summed E-state index contributed by atoms with van der Waals surface area (Å²) >= 11 is 0. The van der Waals surface area contributed by atoms with Gasteiger partial charge in [0.15, 0.2) is 0 Å². The van der Waals surface area contributed by atoms with Crippen LogP contribution in [0.15, 0.2) is 36.7 Å². The summed E-state index contributed by atoms with van der Waals surface area (Å²) < 4.78 is 4.96. The first kappa shape index (κ1) is 12.2. The Hall–Kier alpha value is -2.23. The fourth-order valence-corrected chi connectivity index (χ4v) is 1.57. The normalized spacial score (nSPS) is 10.1. The fourth-order valence-electron chi connectivity index (χ4n) is 1.57. The van der Waals surface area contributed by atoms with Crippen molar-refractivity contribution in [3.63, 3.8) is 0 Å². The van der Waals surface area contributed by atoms with Crippen LogP contribution in [0, 0.1) is 6.92 Å². The van der Waals surface area contributed by atoms with E-state index in [4.69, 9.17) is 4.74 Å². The Morgan fingerprint density at radius 3 is 2.50 bits per heavy atom. The van der Waals surface area contributed by atoms with Gasteiger partial charge in [-0.25, -0.2) is 0 Å². The molecule has 4 nitrogen and oxygen atoms in total. The van der Waals surface area contributed by atoms with Crippen LogP contribution in [0.5, 0.6) is 0 Å². The van der Waals surface area contributed by atoms with E-state index in [2.05, 4.69) is 9.97 Å². The highest BCUT2D eigenvalue weighted by Gasteiger charge is 2.03. The van der Waals surface area contributed by atoms with E-state index in [1.807, 2.05) is 31.2 Å².